The Morgan fingerprint density at radius 3 is 2.55 bits per heavy atom. The molecule has 3 aromatic rings. The number of oxazole rings is 1. The quantitative estimate of drug-likeness (QED) is 0.609. The molecule has 10 heteroatoms. The molecule has 0 radical (unpaired) electrons. The number of aromatic nitrogens is 1. The van der Waals surface area contributed by atoms with Gasteiger partial charge in [-0.3, -0.25) is 4.79 Å². The van der Waals surface area contributed by atoms with Gasteiger partial charge in [-0.2, -0.15) is 0 Å². The van der Waals surface area contributed by atoms with Crippen molar-refractivity contribution in [3.63, 3.8) is 0 Å². The fourth-order valence-electron chi connectivity index (χ4n) is 2.50. The van der Waals surface area contributed by atoms with Crippen LogP contribution in [0.2, 0.25) is 0 Å². The van der Waals surface area contributed by atoms with Crippen molar-refractivity contribution in [2.24, 2.45) is 0 Å². The molecular formula is C19H15F3N2O4S. The molecule has 152 valence electrons. The van der Waals surface area contributed by atoms with E-state index < -0.39 is 33.2 Å². The summed E-state index contributed by atoms with van der Waals surface area (Å²) in [4.78, 5) is 15.9. The highest BCUT2D eigenvalue weighted by Crippen LogP contribution is 2.25. The Labute approximate surface area is 164 Å². The normalized spacial score (nSPS) is 11.4. The summed E-state index contributed by atoms with van der Waals surface area (Å²) < 4.78 is 69.1. The molecule has 6 nitrogen and oxygen atoms in total. The monoisotopic (exact) mass is 424 g/mol. The van der Waals surface area contributed by atoms with E-state index in [1.807, 2.05) is 0 Å². The van der Waals surface area contributed by atoms with Gasteiger partial charge in [0.25, 0.3) is 0 Å². The van der Waals surface area contributed by atoms with E-state index in [0.29, 0.717) is 6.07 Å². The average Bonchev–Trinajstić information content (AvgIpc) is 3.09. The number of amides is 1. The molecule has 0 saturated heterocycles. The Morgan fingerprint density at radius 2 is 1.86 bits per heavy atom. The maximum atomic E-state index is 13.8. The molecule has 1 aromatic heterocycles. The Bertz CT molecular complexity index is 1180. The lowest BCUT2D eigenvalue weighted by Crippen LogP contribution is -2.14. The van der Waals surface area contributed by atoms with Crippen molar-refractivity contribution in [2.45, 2.75) is 17.7 Å². The van der Waals surface area contributed by atoms with Crippen molar-refractivity contribution in [1.29, 1.82) is 0 Å². The van der Waals surface area contributed by atoms with Crippen molar-refractivity contribution in [3.8, 4) is 11.3 Å². The molecule has 0 unspecified atom stereocenters. The highest BCUT2D eigenvalue weighted by atomic mass is 32.2. The second-order valence-corrected chi connectivity index (χ2v) is 8.22. The fraction of sp³-hybridized carbons (Fsp3) is 0.158. The molecule has 0 aliphatic heterocycles. The molecular weight excluding hydrogens is 409 g/mol. The number of aryl methyl sites for hydroxylation is 1. The summed E-state index contributed by atoms with van der Waals surface area (Å²) in [6, 6.07) is 6.08. The first-order valence-corrected chi connectivity index (χ1v) is 10.2. The van der Waals surface area contributed by atoms with Crippen LogP contribution in [0.1, 0.15) is 12.3 Å². The van der Waals surface area contributed by atoms with Gasteiger partial charge >= 0.3 is 0 Å². The van der Waals surface area contributed by atoms with Gasteiger partial charge in [0.2, 0.25) is 5.91 Å². The number of halogens is 3. The maximum absolute atomic E-state index is 13.8. The van der Waals surface area contributed by atoms with Crippen LogP contribution < -0.4 is 5.32 Å². The van der Waals surface area contributed by atoms with Crippen molar-refractivity contribution in [2.75, 3.05) is 11.6 Å². The van der Waals surface area contributed by atoms with Crippen molar-refractivity contribution < 1.29 is 30.8 Å². The van der Waals surface area contributed by atoms with Gasteiger partial charge in [0.05, 0.1) is 22.3 Å². The van der Waals surface area contributed by atoms with Crippen LogP contribution in [0.5, 0.6) is 0 Å². The van der Waals surface area contributed by atoms with Crippen molar-refractivity contribution in [3.05, 3.63) is 65.9 Å². The van der Waals surface area contributed by atoms with E-state index in [2.05, 4.69) is 10.3 Å². The molecule has 0 spiro atoms. The first-order valence-electron chi connectivity index (χ1n) is 8.33. The van der Waals surface area contributed by atoms with Crippen molar-refractivity contribution in [1.82, 2.24) is 4.98 Å². The van der Waals surface area contributed by atoms with Crippen LogP contribution in [0, 0.1) is 17.5 Å². The highest BCUT2D eigenvalue weighted by Gasteiger charge is 2.15. The number of carbonyl (C=O) groups is 1. The SMILES string of the molecule is CS(=O)(=O)c1ccc(F)c(NC(=O)CCc2ncc(-c3ccc(F)cc3F)o2)c1. The molecule has 1 amide bonds. The number of nitrogens with one attached hydrogen (secondary N) is 1. The largest absolute Gasteiger partial charge is 0.441 e. The molecule has 1 N–H and O–H groups in total. The third kappa shape index (κ3) is 5.02. The second-order valence-electron chi connectivity index (χ2n) is 6.20. The molecule has 1 heterocycles. The van der Waals surface area contributed by atoms with E-state index >= 15 is 0 Å². The lowest BCUT2D eigenvalue weighted by atomic mass is 10.2. The van der Waals surface area contributed by atoms with E-state index in [1.165, 1.54) is 12.3 Å². The van der Waals surface area contributed by atoms with Gasteiger partial charge < -0.3 is 9.73 Å². The summed E-state index contributed by atoms with van der Waals surface area (Å²) in [5.74, 6) is -2.71. The smallest absolute Gasteiger partial charge is 0.224 e. The average molecular weight is 424 g/mol. The minimum Gasteiger partial charge on any atom is -0.441 e. The predicted octanol–water partition coefficient (Wildman–Crippen LogP) is 3.73. The van der Waals surface area contributed by atoms with Crippen LogP contribution in [-0.2, 0) is 21.1 Å². The van der Waals surface area contributed by atoms with Gasteiger partial charge in [0.15, 0.2) is 21.5 Å². The predicted molar refractivity (Wildman–Crippen MR) is 98.3 cm³/mol. The maximum Gasteiger partial charge on any atom is 0.224 e. The van der Waals surface area contributed by atoms with E-state index in [1.54, 1.807) is 0 Å². The van der Waals surface area contributed by atoms with Crippen LogP contribution in [0.3, 0.4) is 0 Å². The number of rotatable bonds is 6. The van der Waals surface area contributed by atoms with Gasteiger partial charge in [-0.15, -0.1) is 0 Å². The Hall–Kier alpha value is -3.14. The molecule has 0 saturated carbocycles. The number of benzene rings is 2. The molecule has 0 bridgehead atoms. The Kier molecular flexibility index (Phi) is 5.73. The third-order valence-corrected chi connectivity index (χ3v) is 5.07. The summed E-state index contributed by atoms with van der Waals surface area (Å²) in [5.41, 5.74) is -0.242. The molecule has 0 atom stereocenters. The summed E-state index contributed by atoms with van der Waals surface area (Å²) in [6.45, 7) is 0. The Morgan fingerprint density at radius 1 is 1.10 bits per heavy atom. The number of hydrogen-bond donors (Lipinski definition) is 1. The lowest BCUT2D eigenvalue weighted by Gasteiger charge is -2.07. The summed E-state index contributed by atoms with van der Waals surface area (Å²) >= 11 is 0. The zero-order chi connectivity index (χ0) is 21.2. The van der Waals surface area contributed by atoms with Gasteiger partial charge in [-0.25, -0.2) is 26.6 Å². The molecule has 0 aliphatic carbocycles. The third-order valence-electron chi connectivity index (χ3n) is 3.96. The van der Waals surface area contributed by atoms with Crippen LogP contribution in [0.4, 0.5) is 18.9 Å². The number of hydrogen-bond acceptors (Lipinski definition) is 5. The number of nitrogens with zero attached hydrogens (tertiary/aromatic N) is 1. The van der Waals surface area contributed by atoms with E-state index in [-0.39, 0.29) is 40.6 Å². The molecule has 0 aliphatic rings. The summed E-state index contributed by atoms with van der Waals surface area (Å²) in [5, 5.41) is 2.30. The van der Waals surface area contributed by atoms with Crippen LogP contribution in [0.25, 0.3) is 11.3 Å². The van der Waals surface area contributed by atoms with Crippen LogP contribution in [0.15, 0.2) is 51.9 Å². The van der Waals surface area contributed by atoms with Crippen LogP contribution >= 0.6 is 0 Å². The van der Waals surface area contributed by atoms with Gasteiger partial charge in [-0.05, 0) is 30.3 Å². The zero-order valence-corrected chi connectivity index (χ0v) is 15.9. The first-order chi connectivity index (χ1) is 13.6. The standard InChI is InChI=1S/C19H15F3N2O4S/c1-29(26,27)12-3-5-14(21)16(9-12)24-18(25)6-7-19-23-10-17(28-19)13-4-2-11(20)8-15(13)22/h2-5,8-10H,6-7H2,1H3,(H,24,25). The molecule has 29 heavy (non-hydrogen) atoms. The number of carbonyl (C=O) groups excluding carboxylic acids is 1. The molecule has 2 aromatic carbocycles. The second kappa shape index (κ2) is 8.08. The number of anilines is 1. The Balaban J connectivity index is 1.66. The van der Waals surface area contributed by atoms with E-state index in [9.17, 15) is 26.4 Å². The number of sulfone groups is 1. The zero-order valence-electron chi connectivity index (χ0n) is 15.1. The summed E-state index contributed by atoms with van der Waals surface area (Å²) in [6.07, 6.45) is 2.10. The molecule has 3 rings (SSSR count). The molecule has 0 fully saturated rings. The van der Waals surface area contributed by atoms with Gasteiger partial charge in [-0.1, -0.05) is 0 Å². The lowest BCUT2D eigenvalue weighted by molar-refractivity contribution is -0.116. The minimum absolute atomic E-state index is 0.0225. The van der Waals surface area contributed by atoms with Crippen LogP contribution in [-0.4, -0.2) is 25.6 Å². The van der Waals surface area contributed by atoms with E-state index in [4.69, 9.17) is 4.42 Å². The topological polar surface area (TPSA) is 89.3 Å². The summed E-state index contributed by atoms with van der Waals surface area (Å²) in [7, 11) is -3.56. The van der Waals surface area contributed by atoms with Gasteiger partial charge in [0, 0.05) is 25.2 Å². The van der Waals surface area contributed by atoms with E-state index in [0.717, 1.165) is 30.5 Å². The van der Waals surface area contributed by atoms with Gasteiger partial charge in [0.1, 0.15) is 17.5 Å². The fourth-order valence-corrected chi connectivity index (χ4v) is 3.15. The van der Waals surface area contributed by atoms with Crippen molar-refractivity contribution >= 4 is 21.4 Å². The minimum atomic E-state index is -3.56. The first kappa shape index (κ1) is 20.6. The highest BCUT2D eigenvalue weighted by molar-refractivity contribution is 7.90.